The number of benzene rings is 2. The van der Waals surface area contributed by atoms with Crippen LogP contribution in [0.3, 0.4) is 0 Å². The number of carbonyl (C=O) groups excluding carboxylic acids is 3. The molecule has 0 heterocycles. The number of anilines is 1. The number of Topliss-reactive ketones (excluding diaryl/α,β-unsaturated/α-hetero) is 2. The van der Waals surface area contributed by atoms with Gasteiger partial charge in [-0.3, -0.25) is 14.4 Å². The largest absolute Gasteiger partial charge is 0.508 e. The quantitative estimate of drug-likeness (QED) is 0.578. The smallest absolute Gasteiger partial charge is 0.235 e. The number of carbonyl (C=O) groups is 3. The number of phenols is 1. The maximum atomic E-state index is 13.8. The fraction of sp³-hybridized carbons (Fsp3) is 0.318. The highest BCUT2D eigenvalue weighted by molar-refractivity contribution is 6.06. The number of nitrogens with one attached hydrogen (secondary N) is 1. The van der Waals surface area contributed by atoms with Crippen LogP contribution in [-0.4, -0.2) is 22.6 Å². The van der Waals surface area contributed by atoms with E-state index in [1.807, 2.05) is 20.8 Å². The minimum atomic E-state index is -1.02. The van der Waals surface area contributed by atoms with Crippen LogP contribution < -0.4 is 5.32 Å². The Labute approximate surface area is 163 Å². The normalized spacial score (nSPS) is 12.3. The van der Waals surface area contributed by atoms with E-state index in [-0.39, 0.29) is 29.4 Å². The van der Waals surface area contributed by atoms with Crippen LogP contribution in [-0.2, 0) is 16.0 Å². The van der Waals surface area contributed by atoms with Gasteiger partial charge >= 0.3 is 0 Å². The lowest BCUT2D eigenvalue weighted by Gasteiger charge is -2.17. The van der Waals surface area contributed by atoms with Crippen LogP contribution >= 0.6 is 0 Å². The zero-order valence-electron chi connectivity index (χ0n) is 16.4. The molecule has 1 unspecified atom stereocenters. The molecule has 1 atom stereocenters. The third-order valence-corrected chi connectivity index (χ3v) is 4.35. The summed E-state index contributed by atoms with van der Waals surface area (Å²) in [6, 6.07) is 10.0. The number of rotatable bonds is 6. The fourth-order valence-corrected chi connectivity index (χ4v) is 2.71. The van der Waals surface area contributed by atoms with Gasteiger partial charge in [0.2, 0.25) is 5.91 Å². The first-order valence-electron chi connectivity index (χ1n) is 8.92. The predicted molar refractivity (Wildman–Crippen MR) is 105 cm³/mol. The number of halogens is 1. The number of phenolic OH excluding ortho intramolecular Hbond substituents is 1. The summed E-state index contributed by atoms with van der Waals surface area (Å²) < 4.78 is 13.8. The van der Waals surface area contributed by atoms with Crippen LogP contribution in [0.5, 0.6) is 5.75 Å². The molecule has 0 aromatic heterocycles. The lowest BCUT2D eigenvalue weighted by molar-refractivity contribution is -0.129. The van der Waals surface area contributed by atoms with E-state index in [9.17, 15) is 23.9 Å². The Bertz CT molecular complexity index is 898. The molecule has 0 aliphatic heterocycles. The van der Waals surface area contributed by atoms with Gasteiger partial charge < -0.3 is 10.4 Å². The van der Waals surface area contributed by atoms with E-state index in [2.05, 4.69) is 5.32 Å². The molecule has 0 saturated carbocycles. The molecule has 0 aliphatic carbocycles. The summed E-state index contributed by atoms with van der Waals surface area (Å²) in [6.45, 7) is 6.79. The van der Waals surface area contributed by atoms with Crippen molar-refractivity contribution in [3.63, 3.8) is 0 Å². The maximum Gasteiger partial charge on any atom is 0.235 e. The maximum absolute atomic E-state index is 13.8. The molecular formula is C22H24FNO4. The number of hydrogen-bond donors (Lipinski definition) is 2. The molecule has 1 amide bonds. The summed E-state index contributed by atoms with van der Waals surface area (Å²) in [4.78, 5) is 36.8. The topological polar surface area (TPSA) is 83.5 Å². The van der Waals surface area contributed by atoms with Crippen LogP contribution in [0.4, 0.5) is 10.1 Å². The minimum absolute atomic E-state index is 0.000675. The van der Waals surface area contributed by atoms with E-state index < -0.39 is 23.1 Å². The van der Waals surface area contributed by atoms with E-state index in [1.54, 1.807) is 24.3 Å². The summed E-state index contributed by atoms with van der Waals surface area (Å²) in [7, 11) is 0. The lowest BCUT2D eigenvalue weighted by Crippen LogP contribution is -2.30. The number of ketones is 2. The number of amides is 1. The molecule has 0 saturated heterocycles. The van der Waals surface area contributed by atoms with Gasteiger partial charge in [0.15, 0.2) is 5.78 Å². The van der Waals surface area contributed by atoms with Crippen LogP contribution in [0.2, 0.25) is 0 Å². The standard InChI is InChI=1S/C22H24FNO4/c1-13(25)17(21(28)24-19-12-16(26)9-10-18(19)23)11-14-5-7-15(8-6-14)20(27)22(2,3)4/h5-10,12,17,26H,11H2,1-4H3,(H,24,28). The molecule has 0 radical (unpaired) electrons. The Hall–Kier alpha value is -3.02. The van der Waals surface area contributed by atoms with Gasteiger partial charge in [0.1, 0.15) is 23.3 Å². The SMILES string of the molecule is CC(=O)C(Cc1ccc(C(=O)C(C)(C)C)cc1)C(=O)Nc1cc(O)ccc1F. The Kier molecular flexibility index (Phi) is 6.33. The van der Waals surface area contributed by atoms with Crippen molar-refractivity contribution in [3.05, 3.63) is 59.4 Å². The van der Waals surface area contributed by atoms with Gasteiger partial charge in [-0.1, -0.05) is 45.0 Å². The van der Waals surface area contributed by atoms with E-state index in [1.165, 1.54) is 6.92 Å². The third kappa shape index (κ3) is 5.25. The van der Waals surface area contributed by atoms with Gasteiger partial charge in [0, 0.05) is 17.0 Å². The molecule has 0 aliphatic rings. The van der Waals surface area contributed by atoms with Crippen molar-refractivity contribution in [1.82, 2.24) is 0 Å². The average molecular weight is 385 g/mol. The van der Waals surface area contributed by atoms with Crippen molar-refractivity contribution >= 4 is 23.2 Å². The second-order valence-corrected chi connectivity index (χ2v) is 7.80. The third-order valence-electron chi connectivity index (χ3n) is 4.35. The van der Waals surface area contributed by atoms with Gasteiger partial charge in [-0.15, -0.1) is 0 Å². The van der Waals surface area contributed by atoms with Gasteiger partial charge in [0.25, 0.3) is 0 Å². The zero-order chi connectivity index (χ0) is 21.1. The minimum Gasteiger partial charge on any atom is -0.508 e. The molecular weight excluding hydrogens is 361 g/mol. The predicted octanol–water partition coefficient (Wildman–Crippen LogP) is 4.15. The Morgan fingerprint density at radius 3 is 2.21 bits per heavy atom. The van der Waals surface area contributed by atoms with Crippen LogP contribution in [0.15, 0.2) is 42.5 Å². The molecule has 5 nitrogen and oxygen atoms in total. The van der Waals surface area contributed by atoms with Gasteiger partial charge in [-0.2, -0.15) is 0 Å². The van der Waals surface area contributed by atoms with Crippen molar-refractivity contribution < 1.29 is 23.9 Å². The Morgan fingerprint density at radius 1 is 1.07 bits per heavy atom. The van der Waals surface area contributed by atoms with Crippen molar-refractivity contribution in [3.8, 4) is 5.75 Å². The molecule has 148 valence electrons. The van der Waals surface area contributed by atoms with Gasteiger partial charge in [0.05, 0.1) is 5.69 Å². The van der Waals surface area contributed by atoms with Crippen molar-refractivity contribution in [2.45, 2.75) is 34.1 Å². The highest BCUT2D eigenvalue weighted by Gasteiger charge is 2.26. The van der Waals surface area contributed by atoms with Crippen molar-refractivity contribution in [2.24, 2.45) is 11.3 Å². The molecule has 0 fully saturated rings. The van der Waals surface area contributed by atoms with E-state index in [0.717, 1.165) is 18.2 Å². The van der Waals surface area contributed by atoms with Crippen LogP contribution in [0, 0.1) is 17.2 Å². The highest BCUT2D eigenvalue weighted by Crippen LogP contribution is 2.23. The number of aromatic hydroxyl groups is 1. The monoisotopic (exact) mass is 385 g/mol. The van der Waals surface area contributed by atoms with Gasteiger partial charge in [-0.05, 0) is 31.0 Å². The van der Waals surface area contributed by atoms with E-state index in [0.29, 0.717) is 11.1 Å². The zero-order valence-corrected chi connectivity index (χ0v) is 16.4. The molecule has 2 aromatic carbocycles. The first kappa shape index (κ1) is 21.3. The van der Waals surface area contributed by atoms with E-state index in [4.69, 9.17) is 0 Å². The summed E-state index contributed by atoms with van der Waals surface area (Å²) in [5, 5.41) is 11.8. The van der Waals surface area contributed by atoms with Crippen molar-refractivity contribution in [2.75, 3.05) is 5.32 Å². The second kappa shape index (κ2) is 8.33. The highest BCUT2D eigenvalue weighted by atomic mass is 19.1. The molecule has 2 N–H and O–H groups in total. The average Bonchev–Trinajstić information content (AvgIpc) is 2.61. The molecule has 28 heavy (non-hydrogen) atoms. The van der Waals surface area contributed by atoms with Crippen LogP contribution in [0.1, 0.15) is 43.6 Å². The fourth-order valence-electron chi connectivity index (χ4n) is 2.71. The summed E-state index contributed by atoms with van der Waals surface area (Å²) in [5.74, 6) is -2.96. The first-order chi connectivity index (χ1) is 13.0. The molecule has 0 bridgehead atoms. The lowest BCUT2D eigenvalue weighted by atomic mass is 9.86. The molecule has 6 heteroatoms. The Morgan fingerprint density at radius 2 is 1.68 bits per heavy atom. The van der Waals surface area contributed by atoms with Crippen LogP contribution in [0.25, 0.3) is 0 Å². The van der Waals surface area contributed by atoms with Crippen molar-refractivity contribution in [1.29, 1.82) is 0 Å². The molecule has 2 rings (SSSR count). The summed E-state index contributed by atoms with van der Waals surface area (Å²) in [5.41, 5.74) is 0.565. The van der Waals surface area contributed by atoms with E-state index >= 15 is 0 Å². The number of hydrogen-bond acceptors (Lipinski definition) is 4. The Balaban J connectivity index is 2.16. The van der Waals surface area contributed by atoms with Gasteiger partial charge in [-0.25, -0.2) is 4.39 Å². The first-order valence-corrected chi connectivity index (χ1v) is 8.92. The molecule has 0 spiro atoms. The molecule has 2 aromatic rings. The second-order valence-electron chi connectivity index (χ2n) is 7.80. The summed E-state index contributed by atoms with van der Waals surface area (Å²) in [6.07, 6.45) is 0.117. The summed E-state index contributed by atoms with van der Waals surface area (Å²) >= 11 is 0.